The molecule has 4 saturated carbocycles. The van der Waals surface area contributed by atoms with E-state index < -0.39 is 0 Å². The van der Waals surface area contributed by atoms with Crippen molar-refractivity contribution in [3.63, 3.8) is 0 Å². The van der Waals surface area contributed by atoms with E-state index in [9.17, 15) is 0 Å². The molecule has 1 heteroatoms. The highest BCUT2D eigenvalue weighted by atomic mass is 15.1. The third kappa shape index (κ3) is 5.51. The highest BCUT2D eigenvalue weighted by Crippen LogP contribution is 2.53. The molecule has 0 heterocycles. The first-order chi connectivity index (χ1) is 25.5. The first-order valence-corrected chi connectivity index (χ1v) is 20.3. The minimum atomic E-state index is -0.0940. The Labute approximate surface area is 310 Å². The predicted octanol–water partition coefficient (Wildman–Crippen LogP) is 14.6. The van der Waals surface area contributed by atoms with Gasteiger partial charge in [-0.2, -0.15) is 0 Å². The average Bonchev–Trinajstić information content (AvgIpc) is 3.44. The molecule has 260 valence electrons. The Morgan fingerprint density at radius 3 is 1.87 bits per heavy atom. The van der Waals surface area contributed by atoms with Crippen LogP contribution in [0.15, 0.2) is 127 Å². The van der Waals surface area contributed by atoms with Crippen LogP contribution in [0.3, 0.4) is 0 Å². The second-order valence-corrected chi connectivity index (χ2v) is 17.2. The molecule has 0 aromatic heterocycles. The van der Waals surface area contributed by atoms with Crippen LogP contribution in [0.1, 0.15) is 112 Å². The minimum absolute atomic E-state index is 0.0940. The topological polar surface area (TPSA) is 3.24 Å². The lowest BCUT2D eigenvalue weighted by molar-refractivity contribution is 0.145. The van der Waals surface area contributed by atoms with Crippen molar-refractivity contribution in [3.05, 3.63) is 150 Å². The molecule has 0 N–H and O–H groups in total. The summed E-state index contributed by atoms with van der Waals surface area (Å²) in [4.78, 5) is 2.52. The van der Waals surface area contributed by atoms with E-state index in [0.717, 1.165) is 17.8 Å². The lowest BCUT2D eigenvalue weighted by Crippen LogP contribution is -2.29. The van der Waals surface area contributed by atoms with Gasteiger partial charge in [-0.3, -0.25) is 0 Å². The molecular formula is C51H51N. The molecule has 0 amide bonds. The van der Waals surface area contributed by atoms with Crippen LogP contribution in [0.2, 0.25) is 0 Å². The Morgan fingerprint density at radius 1 is 0.500 bits per heavy atom. The second-order valence-electron chi connectivity index (χ2n) is 17.2. The van der Waals surface area contributed by atoms with Crippen molar-refractivity contribution in [2.45, 2.75) is 95.3 Å². The van der Waals surface area contributed by atoms with Gasteiger partial charge in [-0.05, 0) is 160 Å². The van der Waals surface area contributed by atoms with Gasteiger partial charge in [-0.15, -0.1) is 0 Å². The molecule has 1 nitrogen and oxygen atoms in total. The molecule has 5 aliphatic carbocycles. The van der Waals surface area contributed by atoms with E-state index >= 15 is 0 Å². The molecule has 6 aromatic rings. The third-order valence-corrected chi connectivity index (χ3v) is 13.9. The number of benzene rings is 6. The van der Waals surface area contributed by atoms with Crippen LogP contribution in [0, 0.1) is 11.8 Å². The van der Waals surface area contributed by atoms with E-state index in [1.807, 2.05) is 0 Å². The van der Waals surface area contributed by atoms with Gasteiger partial charge in [0.25, 0.3) is 0 Å². The SMILES string of the molecule is CC1(C)c2ccc(-c3ccc4ccccc4c3)cc2-c2ccc(N(c3ccc(C4CCCCC4)cc3)c3ccc(C4CC5CCC4CC5)cc3)cc21. The second kappa shape index (κ2) is 12.8. The van der Waals surface area contributed by atoms with E-state index in [2.05, 4.69) is 146 Å². The highest BCUT2D eigenvalue weighted by molar-refractivity contribution is 5.91. The monoisotopic (exact) mass is 677 g/mol. The fourth-order valence-corrected chi connectivity index (χ4v) is 10.9. The number of fused-ring (bicyclic) bond motifs is 7. The average molecular weight is 678 g/mol. The molecule has 1 atom stereocenters. The maximum absolute atomic E-state index is 2.52. The Balaban J connectivity index is 1.03. The molecule has 6 aromatic carbocycles. The summed E-state index contributed by atoms with van der Waals surface area (Å²) in [5.74, 6) is 3.27. The van der Waals surface area contributed by atoms with Crippen molar-refractivity contribution in [3.8, 4) is 22.3 Å². The van der Waals surface area contributed by atoms with Gasteiger partial charge in [0, 0.05) is 22.5 Å². The number of anilines is 3. The van der Waals surface area contributed by atoms with Crippen molar-refractivity contribution < 1.29 is 0 Å². The van der Waals surface area contributed by atoms with Crippen LogP contribution in [0.5, 0.6) is 0 Å². The zero-order chi connectivity index (χ0) is 34.8. The number of nitrogens with zero attached hydrogens (tertiary/aromatic N) is 1. The van der Waals surface area contributed by atoms with Gasteiger partial charge in [-0.25, -0.2) is 0 Å². The van der Waals surface area contributed by atoms with Crippen LogP contribution in [-0.4, -0.2) is 0 Å². The summed E-state index contributed by atoms with van der Waals surface area (Å²) >= 11 is 0. The molecule has 4 fully saturated rings. The predicted molar refractivity (Wildman–Crippen MR) is 220 cm³/mol. The van der Waals surface area contributed by atoms with Crippen LogP contribution < -0.4 is 4.90 Å². The fourth-order valence-electron chi connectivity index (χ4n) is 10.9. The first-order valence-electron chi connectivity index (χ1n) is 20.3. The van der Waals surface area contributed by atoms with Gasteiger partial charge in [-0.1, -0.05) is 125 Å². The van der Waals surface area contributed by atoms with E-state index in [1.165, 1.54) is 131 Å². The van der Waals surface area contributed by atoms with Crippen LogP contribution in [-0.2, 0) is 5.41 Å². The third-order valence-electron chi connectivity index (χ3n) is 13.9. The highest BCUT2D eigenvalue weighted by Gasteiger charge is 2.37. The molecule has 1 unspecified atom stereocenters. The van der Waals surface area contributed by atoms with Gasteiger partial charge >= 0.3 is 0 Å². The van der Waals surface area contributed by atoms with Crippen molar-refractivity contribution >= 4 is 27.8 Å². The maximum atomic E-state index is 2.52. The minimum Gasteiger partial charge on any atom is -0.310 e. The summed E-state index contributed by atoms with van der Waals surface area (Å²) in [6, 6.07) is 49.3. The van der Waals surface area contributed by atoms with E-state index in [4.69, 9.17) is 0 Å². The van der Waals surface area contributed by atoms with E-state index in [0.29, 0.717) is 5.92 Å². The Morgan fingerprint density at radius 2 is 1.15 bits per heavy atom. The summed E-state index contributed by atoms with van der Waals surface area (Å²) in [5, 5.41) is 2.58. The Hall–Kier alpha value is -4.62. The zero-order valence-corrected chi connectivity index (χ0v) is 31.0. The lowest BCUT2D eigenvalue weighted by Gasteiger charge is -2.42. The number of hydrogen-bond donors (Lipinski definition) is 0. The van der Waals surface area contributed by atoms with Gasteiger partial charge in [0.2, 0.25) is 0 Å². The van der Waals surface area contributed by atoms with Crippen molar-refractivity contribution in [2.24, 2.45) is 11.8 Å². The normalized spacial score (nSPS) is 21.9. The molecule has 0 aliphatic heterocycles. The largest absolute Gasteiger partial charge is 0.310 e. The Kier molecular flexibility index (Phi) is 7.89. The summed E-state index contributed by atoms with van der Waals surface area (Å²) < 4.78 is 0. The van der Waals surface area contributed by atoms with Crippen molar-refractivity contribution in [1.82, 2.24) is 0 Å². The summed E-state index contributed by atoms with van der Waals surface area (Å²) in [6.07, 6.45) is 13.9. The van der Waals surface area contributed by atoms with Gasteiger partial charge in [0.15, 0.2) is 0 Å². The molecule has 2 bridgehead atoms. The van der Waals surface area contributed by atoms with Gasteiger partial charge < -0.3 is 4.90 Å². The van der Waals surface area contributed by atoms with Crippen LogP contribution in [0.4, 0.5) is 17.1 Å². The summed E-state index contributed by atoms with van der Waals surface area (Å²) in [5.41, 5.74) is 14.8. The van der Waals surface area contributed by atoms with Crippen molar-refractivity contribution in [2.75, 3.05) is 4.90 Å². The van der Waals surface area contributed by atoms with E-state index in [-0.39, 0.29) is 5.41 Å². The maximum Gasteiger partial charge on any atom is 0.0465 e. The van der Waals surface area contributed by atoms with E-state index in [1.54, 1.807) is 5.56 Å². The summed E-state index contributed by atoms with van der Waals surface area (Å²) in [7, 11) is 0. The quantitative estimate of drug-likeness (QED) is 0.170. The lowest BCUT2D eigenvalue weighted by atomic mass is 9.63. The number of rotatable bonds is 6. The number of hydrogen-bond acceptors (Lipinski definition) is 1. The first kappa shape index (κ1) is 32.1. The zero-order valence-electron chi connectivity index (χ0n) is 31.0. The molecular weight excluding hydrogens is 627 g/mol. The van der Waals surface area contributed by atoms with Gasteiger partial charge in [0.1, 0.15) is 0 Å². The van der Waals surface area contributed by atoms with Crippen LogP contribution >= 0.6 is 0 Å². The van der Waals surface area contributed by atoms with Crippen LogP contribution in [0.25, 0.3) is 33.0 Å². The standard InChI is InChI=1S/C51H51N/c1-51(2)49-29-22-42(41-17-16-36-10-6-7-11-40(36)31-41)32-48(49)46-28-27-45(33-50(46)51)52(43-23-18-37(19-24-43)35-8-4-3-5-9-35)44-25-20-39(21-26-44)47-30-34-12-14-38(47)15-13-34/h6-7,10-11,16-29,31-35,38,47H,3-5,8-9,12-15,30H2,1-2H3. The Bertz CT molecular complexity index is 2240. The molecule has 0 saturated heterocycles. The van der Waals surface area contributed by atoms with Crippen molar-refractivity contribution in [1.29, 1.82) is 0 Å². The molecule has 52 heavy (non-hydrogen) atoms. The van der Waals surface area contributed by atoms with Gasteiger partial charge in [0.05, 0.1) is 0 Å². The molecule has 11 rings (SSSR count). The fraction of sp³-hybridized carbons (Fsp3) is 0.333. The smallest absolute Gasteiger partial charge is 0.0465 e. The molecule has 0 radical (unpaired) electrons. The summed E-state index contributed by atoms with van der Waals surface area (Å²) in [6.45, 7) is 4.82. The molecule has 0 spiro atoms. The molecule has 5 aliphatic rings.